The van der Waals surface area contributed by atoms with Gasteiger partial charge in [0.05, 0.1) is 11.3 Å². The van der Waals surface area contributed by atoms with E-state index >= 15 is 0 Å². The van der Waals surface area contributed by atoms with Gasteiger partial charge in [-0.25, -0.2) is 4.98 Å². The van der Waals surface area contributed by atoms with Gasteiger partial charge in [-0.1, -0.05) is 31.2 Å². The molecule has 22 heavy (non-hydrogen) atoms. The standard InChI is InChI=1S/C18H21N3O/c1-5-14-15(21-17-16(14)19-10-11-20-17)12-6-8-13(9-7-12)18(2,3)22-4/h6-11H,5H2,1-4H3,(H,20,21). The lowest BCUT2D eigenvalue weighted by molar-refractivity contribution is 0.0192. The second kappa shape index (κ2) is 5.54. The molecule has 0 aliphatic rings. The second-order valence-electron chi connectivity index (χ2n) is 5.88. The number of ether oxygens (including phenoxy) is 1. The third-order valence-electron chi connectivity index (χ3n) is 4.26. The van der Waals surface area contributed by atoms with Crippen LogP contribution in [0.2, 0.25) is 0 Å². The Balaban J connectivity index is 2.08. The third kappa shape index (κ3) is 2.40. The Labute approximate surface area is 130 Å². The quantitative estimate of drug-likeness (QED) is 0.789. The van der Waals surface area contributed by atoms with E-state index in [1.807, 2.05) is 0 Å². The fraction of sp³-hybridized carbons (Fsp3) is 0.333. The highest BCUT2D eigenvalue weighted by atomic mass is 16.5. The smallest absolute Gasteiger partial charge is 0.156 e. The molecule has 0 spiro atoms. The minimum atomic E-state index is -0.282. The number of nitrogens with one attached hydrogen (secondary N) is 1. The van der Waals surface area contributed by atoms with Crippen molar-refractivity contribution in [2.45, 2.75) is 32.8 Å². The zero-order valence-corrected chi connectivity index (χ0v) is 13.5. The number of benzene rings is 1. The fourth-order valence-corrected chi connectivity index (χ4v) is 2.71. The van der Waals surface area contributed by atoms with Gasteiger partial charge in [-0.15, -0.1) is 0 Å². The average molecular weight is 295 g/mol. The van der Waals surface area contributed by atoms with E-state index in [4.69, 9.17) is 4.74 Å². The zero-order chi connectivity index (χ0) is 15.7. The molecule has 0 radical (unpaired) electrons. The van der Waals surface area contributed by atoms with E-state index in [1.165, 1.54) is 5.56 Å². The maximum absolute atomic E-state index is 5.53. The van der Waals surface area contributed by atoms with Gasteiger partial charge in [0.1, 0.15) is 5.52 Å². The predicted octanol–water partition coefficient (Wildman–Crippen LogP) is 4.07. The Morgan fingerprint density at radius 2 is 1.77 bits per heavy atom. The van der Waals surface area contributed by atoms with E-state index in [2.05, 4.69) is 60.0 Å². The van der Waals surface area contributed by atoms with Crippen LogP contribution in [0.5, 0.6) is 0 Å². The lowest BCUT2D eigenvalue weighted by Crippen LogP contribution is -2.19. The summed E-state index contributed by atoms with van der Waals surface area (Å²) in [6.07, 6.45) is 4.37. The highest BCUT2D eigenvalue weighted by Crippen LogP contribution is 2.31. The first-order valence-electron chi connectivity index (χ1n) is 7.54. The summed E-state index contributed by atoms with van der Waals surface area (Å²) in [6.45, 7) is 6.27. The summed E-state index contributed by atoms with van der Waals surface area (Å²) in [7, 11) is 1.73. The Hall–Kier alpha value is -2.20. The molecule has 0 unspecified atom stereocenters. The van der Waals surface area contributed by atoms with Crippen LogP contribution in [0, 0.1) is 0 Å². The maximum Gasteiger partial charge on any atom is 0.156 e. The second-order valence-corrected chi connectivity index (χ2v) is 5.88. The van der Waals surface area contributed by atoms with Gasteiger partial charge < -0.3 is 9.72 Å². The average Bonchev–Trinajstić information content (AvgIpc) is 2.93. The molecular formula is C18H21N3O. The molecule has 1 N–H and O–H groups in total. The molecule has 1 aromatic carbocycles. The summed E-state index contributed by atoms with van der Waals surface area (Å²) in [5, 5.41) is 0. The first kappa shape index (κ1) is 14.7. The van der Waals surface area contributed by atoms with Crippen LogP contribution >= 0.6 is 0 Å². The van der Waals surface area contributed by atoms with Crippen molar-refractivity contribution in [2.75, 3.05) is 7.11 Å². The number of H-pyrrole nitrogens is 1. The Morgan fingerprint density at radius 3 is 2.41 bits per heavy atom. The highest BCUT2D eigenvalue weighted by molar-refractivity contribution is 5.85. The number of rotatable bonds is 4. The van der Waals surface area contributed by atoms with Gasteiger partial charge >= 0.3 is 0 Å². The number of aromatic amines is 1. The van der Waals surface area contributed by atoms with Crippen molar-refractivity contribution in [1.82, 2.24) is 15.0 Å². The van der Waals surface area contributed by atoms with Crippen molar-refractivity contribution in [2.24, 2.45) is 0 Å². The fourth-order valence-electron chi connectivity index (χ4n) is 2.71. The minimum absolute atomic E-state index is 0.282. The Morgan fingerprint density at radius 1 is 1.09 bits per heavy atom. The van der Waals surface area contributed by atoms with Gasteiger partial charge in [-0.05, 0) is 31.4 Å². The molecule has 0 atom stereocenters. The summed E-state index contributed by atoms with van der Waals surface area (Å²) in [5.74, 6) is 0. The Bertz CT molecular complexity index is 788. The van der Waals surface area contributed by atoms with Crippen LogP contribution in [-0.2, 0) is 16.8 Å². The number of aromatic nitrogens is 3. The van der Waals surface area contributed by atoms with E-state index < -0.39 is 0 Å². The van der Waals surface area contributed by atoms with Gasteiger partial charge in [0.25, 0.3) is 0 Å². The topological polar surface area (TPSA) is 50.8 Å². The number of nitrogens with zero attached hydrogens (tertiary/aromatic N) is 2. The van der Waals surface area contributed by atoms with Crippen LogP contribution in [0.15, 0.2) is 36.7 Å². The van der Waals surface area contributed by atoms with Crippen molar-refractivity contribution < 1.29 is 4.74 Å². The summed E-state index contributed by atoms with van der Waals surface area (Å²) in [5.41, 5.74) is 6.14. The molecule has 2 aromatic heterocycles. The normalized spacial score (nSPS) is 12.0. The van der Waals surface area contributed by atoms with E-state index in [0.717, 1.165) is 34.4 Å². The van der Waals surface area contributed by atoms with Crippen LogP contribution in [0.1, 0.15) is 31.9 Å². The van der Waals surface area contributed by atoms with Gasteiger partial charge in [-0.2, -0.15) is 0 Å². The van der Waals surface area contributed by atoms with Crippen molar-refractivity contribution in [3.05, 3.63) is 47.8 Å². The number of fused-ring (bicyclic) bond motifs is 1. The predicted molar refractivity (Wildman–Crippen MR) is 88.7 cm³/mol. The lowest BCUT2D eigenvalue weighted by atomic mass is 9.95. The lowest BCUT2D eigenvalue weighted by Gasteiger charge is -2.23. The maximum atomic E-state index is 5.53. The van der Waals surface area contributed by atoms with Gasteiger partial charge in [0.2, 0.25) is 0 Å². The zero-order valence-electron chi connectivity index (χ0n) is 13.5. The van der Waals surface area contributed by atoms with Crippen LogP contribution < -0.4 is 0 Å². The monoisotopic (exact) mass is 295 g/mol. The molecule has 4 heteroatoms. The highest BCUT2D eigenvalue weighted by Gasteiger charge is 2.20. The van der Waals surface area contributed by atoms with Crippen molar-refractivity contribution >= 4 is 11.2 Å². The summed E-state index contributed by atoms with van der Waals surface area (Å²) < 4.78 is 5.53. The van der Waals surface area contributed by atoms with Crippen molar-refractivity contribution in [3.63, 3.8) is 0 Å². The van der Waals surface area contributed by atoms with Gasteiger partial charge in [0, 0.05) is 25.1 Å². The molecule has 4 nitrogen and oxygen atoms in total. The number of aryl methyl sites for hydroxylation is 1. The van der Waals surface area contributed by atoms with Crippen LogP contribution in [-0.4, -0.2) is 22.1 Å². The SMILES string of the molecule is CCc1c(-c2ccc(C(C)(C)OC)cc2)[nH]c2nccnc12. The first-order valence-corrected chi connectivity index (χ1v) is 7.54. The Kier molecular flexibility index (Phi) is 3.71. The summed E-state index contributed by atoms with van der Waals surface area (Å²) in [6, 6.07) is 8.48. The molecule has 0 bridgehead atoms. The molecule has 0 fully saturated rings. The summed E-state index contributed by atoms with van der Waals surface area (Å²) in [4.78, 5) is 12.2. The molecule has 0 aliphatic carbocycles. The molecule has 0 amide bonds. The van der Waals surface area contributed by atoms with Gasteiger partial charge in [-0.3, -0.25) is 4.98 Å². The molecule has 0 saturated heterocycles. The van der Waals surface area contributed by atoms with E-state index in [9.17, 15) is 0 Å². The van der Waals surface area contributed by atoms with E-state index in [-0.39, 0.29) is 5.60 Å². The first-order chi connectivity index (χ1) is 10.6. The molecule has 0 saturated carbocycles. The molecule has 3 aromatic rings. The summed E-state index contributed by atoms with van der Waals surface area (Å²) >= 11 is 0. The van der Waals surface area contributed by atoms with Crippen molar-refractivity contribution in [3.8, 4) is 11.3 Å². The number of hydrogen-bond acceptors (Lipinski definition) is 3. The molecule has 114 valence electrons. The molecule has 0 aliphatic heterocycles. The van der Waals surface area contributed by atoms with E-state index in [0.29, 0.717) is 0 Å². The largest absolute Gasteiger partial charge is 0.374 e. The molecule has 3 rings (SSSR count). The third-order valence-corrected chi connectivity index (χ3v) is 4.26. The number of methoxy groups -OCH3 is 1. The van der Waals surface area contributed by atoms with Crippen LogP contribution in [0.3, 0.4) is 0 Å². The van der Waals surface area contributed by atoms with Crippen LogP contribution in [0.4, 0.5) is 0 Å². The van der Waals surface area contributed by atoms with Crippen molar-refractivity contribution in [1.29, 1.82) is 0 Å². The van der Waals surface area contributed by atoms with Crippen LogP contribution in [0.25, 0.3) is 22.4 Å². The van der Waals surface area contributed by atoms with Gasteiger partial charge in [0.15, 0.2) is 5.65 Å². The van der Waals surface area contributed by atoms with E-state index in [1.54, 1.807) is 19.5 Å². The number of hydrogen-bond donors (Lipinski definition) is 1. The minimum Gasteiger partial charge on any atom is -0.374 e. The molecular weight excluding hydrogens is 274 g/mol. The molecule has 2 heterocycles.